The molecule has 1 fully saturated rings. The largest absolute Gasteiger partial charge is 0.481 e. The van der Waals surface area contributed by atoms with Gasteiger partial charge in [0.15, 0.2) is 0 Å². The van der Waals surface area contributed by atoms with E-state index in [1.54, 1.807) is 19.1 Å². The van der Waals surface area contributed by atoms with E-state index in [-0.39, 0.29) is 18.9 Å². The molecule has 1 unspecified atom stereocenters. The van der Waals surface area contributed by atoms with Crippen molar-refractivity contribution < 1.29 is 19.5 Å². The van der Waals surface area contributed by atoms with Gasteiger partial charge in [-0.3, -0.25) is 19.3 Å². The number of nitrogens with one attached hydrogen (secondary N) is 1. The Balaban J connectivity index is 2.01. The summed E-state index contributed by atoms with van der Waals surface area (Å²) in [6.07, 6.45) is 5.12. The molecule has 2 N–H and O–H groups in total. The summed E-state index contributed by atoms with van der Waals surface area (Å²) in [5.74, 6) is -1.78. The highest BCUT2D eigenvalue weighted by Crippen LogP contribution is 2.32. The van der Waals surface area contributed by atoms with Gasteiger partial charge in [0.25, 0.3) is 5.91 Å². The zero-order valence-corrected chi connectivity index (χ0v) is 15.7. The van der Waals surface area contributed by atoms with Crippen LogP contribution in [0.25, 0.3) is 6.08 Å². The first-order valence-electron chi connectivity index (χ1n) is 7.88. The van der Waals surface area contributed by atoms with E-state index in [1.807, 2.05) is 36.4 Å². The van der Waals surface area contributed by atoms with Crippen molar-refractivity contribution in [1.29, 1.82) is 0 Å². The molecule has 0 aliphatic carbocycles. The predicted molar refractivity (Wildman–Crippen MR) is 105 cm³/mol. The molecular weight excluding hydrogens is 372 g/mol. The number of allylic oxidation sites excluding steroid dienone is 2. The van der Waals surface area contributed by atoms with E-state index in [4.69, 9.17) is 17.3 Å². The fourth-order valence-electron chi connectivity index (χ4n) is 2.20. The normalized spacial score (nSPS) is 17.1. The quantitative estimate of drug-likeness (QED) is 0.549. The number of carbonyl (C=O) groups is 3. The van der Waals surface area contributed by atoms with Crippen molar-refractivity contribution in [3.8, 4) is 0 Å². The van der Waals surface area contributed by atoms with Gasteiger partial charge in [0, 0.05) is 6.54 Å². The Bertz CT molecular complexity index is 775. The fraction of sp³-hybridized carbons (Fsp3) is 0.222. The molecule has 1 aliphatic heterocycles. The first kappa shape index (κ1) is 19.9. The molecule has 0 saturated carbocycles. The van der Waals surface area contributed by atoms with Crippen molar-refractivity contribution in [3.05, 3.63) is 53.0 Å². The first-order chi connectivity index (χ1) is 12.4. The van der Waals surface area contributed by atoms with Crippen LogP contribution in [0.4, 0.5) is 0 Å². The maximum absolute atomic E-state index is 12.5. The van der Waals surface area contributed by atoms with Crippen LogP contribution in [0.2, 0.25) is 0 Å². The second-order valence-electron chi connectivity index (χ2n) is 5.45. The van der Waals surface area contributed by atoms with Crippen LogP contribution in [0.3, 0.4) is 0 Å². The lowest BCUT2D eigenvalue weighted by molar-refractivity contribution is -0.137. The zero-order chi connectivity index (χ0) is 19.1. The van der Waals surface area contributed by atoms with E-state index in [9.17, 15) is 14.4 Å². The van der Waals surface area contributed by atoms with Crippen molar-refractivity contribution >= 4 is 52.2 Å². The number of thioether (sulfide) groups is 1. The molecule has 0 aromatic heterocycles. The van der Waals surface area contributed by atoms with Gasteiger partial charge in [-0.1, -0.05) is 66.5 Å². The van der Waals surface area contributed by atoms with Gasteiger partial charge in [0.2, 0.25) is 5.91 Å². The highest BCUT2D eigenvalue weighted by Gasteiger charge is 2.37. The van der Waals surface area contributed by atoms with Crippen LogP contribution in [0, 0.1) is 0 Å². The zero-order valence-electron chi connectivity index (χ0n) is 14.0. The molecule has 1 atom stereocenters. The highest BCUT2D eigenvalue weighted by atomic mass is 32.2. The molecule has 8 heteroatoms. The number of carboxylic acid groups (broad SMARTS) is 1. The van der Waals surface area contributed by atoms with Gasteiger partial charge in [0.05, 0.1) is 11.3 Å². The van der Waals surface area contributed by atoms with Gasteiger partial charge in [-0.2, -0.15) is 0 Å². The Morgan fingerprint density at radius 1 is 1.35 bits per heavy atom. The average molecular weight is 390 g/mol. The molecular formula is C18H18N2O4S2. The smallest absolute Gasteiger partial charge is 0.305 e. The van der Waals surface area contributed by atoms with Gasteiger partial charge in [-0.15, -0.1) is 0 Å². The number of hydrogen-bond donors (Lipinski definition) is 2. The monoisotopic (exact) mass is 390 g/mol. The summed E-state index contributed by atoms with van der Waals surface area (Å²) in [5.41, 5.74) is 1.01. The second-order valence-corrected chi connectivity index (χ2v) is 7.13. The molecule has 1 aliphatic rings. The molecule has 6 nitrogen and oxygen atoms in total. The van der Waals surface area contributed by atoms with E-state index in [0.717, 1.165) is 17.3 Å². The van der Waals surface area contributed by atoms with Crippen LogP contribution in [-0.2, 0) is 14.4 Å². The number of carboxylic acids is 1. The molecule has 2 amide bonds. The van der Waals surface area contributed by atoms with E-state index >= 15 is 0 Å². The molecule has 1 aromatic rings. The summed E-state index contributed by atoms with van der Waals surface area (Å²) in [6.45, 7) is 1.56. The first-order valence-corrected chi connectivity index (χ1v) is 9.11. The standard InChI is InChI=1S/C18H18N2O4S2/c1-12(16(23)19-11-10-15(21)22)20-17(24)14(26-18(20)25)9-5-8-13-6-3-2-4-7-13/h2-9,12H,10-11H2,1H3,(H,19,23)(H,21,22)/b8-5+,14-9-. The lowest BCUT2D eigenvalue weighted by atomic mass is 10.2. The highest BCUT2D eigenvalue weighted by molar-refractivity contribution is 8.26. The SMILES string of the molecule is CC(C(=O)NCCC(=O)O)N1C(=O)/C(=C/C=C/c2ccccc2)SC1=S. The van der Waals surface area contributed by atoms with Crippen LogP contribution in [0.5, 0.6) is 0 Å². The molecule has 0 bridgehead atoms. The molecule has 1 aromatic carbocycles. The maximum Gasteiger partial charge on any atom is 0.305 e. The average Bonchev–Trinajstić information content (AvgIpc) is 2.88. The van der Waals surface area contributed by atoms with Crippen molar-refractivity contribution in [1.82, 2.24) is 10.2 Å². The van der Waals surface area contributed by atoms with E-state index in [1.165, 1.54) is 4.90 Å². The topological polar surface area (TPSA) is 86.7 Å². The molecule has 0 spiro atoms. The Morgan fingerprint density at radius 3 is 2.69 bits per heavy atom. The van der Waals surface area contributed by atoms with Crippen molar-refractivity contribution in [2.75, 3.05) is 6.54 Å². The Hall–Kier alpha value is -2.45. The fourth-order valence-corrected chi connectivity index (χ4v) is 3.57. The van der Waals surface area contributed by atoms with Crippen LogP contribution in [0.1, 0.15) is 18.9 Å². The van der Waals surface area contributed by atoms with Crippen LogP contribution in [-0.4, -0.2) is 44.7 Å². The third-order valence-electron chi connectivity index (χ3n) is 3.56. The summed E-state index contributed by atoms with van der Waals surface area (Å²) in [6, 6.07) is 8.84. The number of rotatable bonds is 7. The molecule has 26 heavy (non-hydrogen) atoms. The van der Waals surface area contributed by atoms with Gasteiger partial charge in [-0.25, -0.2) is 0 Å². The minimum Gasteiger partial charge on any atom is -0.481 e. The third-order valence-corrected chi connectivity index (χ3v) is 4.91. The van der Waals surface area contributed by atoms with Gasteiger partial charge >= 0.3 is 5.97 Å². The number of hydrogen-bond acceptors (Lipinski definition) is 5. The second kappa shape index (κ2) is 9.30. The van der Waals surface area contributed by atoms with Crippen LogP contribution in [0.15, 0.2) is 47.4 Å². The number of aliphatic carboxylic acids is 1. The van der Waals surface area contributed by atoms with Crippen molar-refractivity contribution in [3.63, 3.8) is 0 Å². The number of thiocarbonyl (C=S) groups is 1. The number of nitrogens with zero attached hydrogens (tertiary/aromatic N) is 1. The minimum absolute atomic E-state index is 0.00293. The molecule has 136 valence electrons. The summed E-state index contributed by atoms with van der Waals surface area (Å²) >= 11 is 6.35. The van der Waals surface area contributed by atoms with Gasteiger partial charge in [-0.05, 0) is 18.6 Å². The lowest BCUT2D eigenvalue weighted by Gasteiger charge is -2.22. The van der Waals surface area contributed by atoms with Gasteiger partial charge in [0.1, 0.15) is 10.4 Å². The minimum atomic E-state index is -1.00. The van der Waals surface area contributed by atoms with E-state index < -0.39 is 17.9 Å². The van der Waals surface area contributed by atoms with Crippen LogP contribution >= 0.6 is 24.0 Å². The van der Waals surface area contributed by atoms with E-state index in [2.05, 4.69) is 5.32 Å². The van der Waals surface area contributed by atoms with E-state index in [0.29, 0.717) is 9.23 Å². The number of carbonyl (C=O) groups excluding carboxylic acids is 2. The lowest BCUT2D eigenvalue weighted by Crippen LogP contribution is -2.47. The summed E-state index contributed by atoms with van der Waals surface area (Å²) < 4.78 is 0.301. The number of benzene rings is 1. The van der Waals surface area contributed by atoms with Crippen molar-refractivity contribution in [2.45, 2.75) is 19.4 Å². The van der Waals surface area contributed by atoms with Crippen molar-refractivity contribution in [2.24, 2.45) is 0 Å². The maximum atomic E-state index is 12.5. The summed E-state index contributed by atoms with van der Waals surface area (Å²) in [7, 11) is 0. The molecule has 2 rings (SSSR count). The predicted octanol–water partition coefficient (Wildman–Crippen LogP) is 2.42. The Kier molecular flexibility index (Phi) is 7.11. The van der Waals surface area contributed by atoms with Gasteiger partial charge < -0.3 is 10.4 Å². The Morgan fingerprint density at radius 2 is 2.04 bits per heavy atom. The number of amides is 2. The Labute approximate surface area is 160 Å². The molecule has 1 heterocycles. The summed E-state index contributed by atoms with van der Waals surface area (Å²) in [5, 5.41) is 11.1. The molecule has 0 radical (unpaired) electrons. The molecule has 1 saturated heterocycles. The van der Waals surface area contributed by atoms with Crippen LogP contribution < -0.4 is 5.32 Å². The summed E-state index contributed by atoms with van der Waals surface area (Å²) in [4.78, 5) is 36.8. The third kappa shape index (κ3) is 5.27.